The number of alkyl halides is 2. The number of hydrogen-bond donors (Lipinski definition) is 1. The number of halogens is 4. The molecule has 2 aromatic rings. The SMILES string of the molecule is CC(F)(F)CCCCn1ccc(NC(=O)OCc2c(F)cccc2Cl)n1. The maximum Gasteiger partial charge on any atom is 0.413 e. The number of amides is 1. The summed E-state index contributed by atoms with van der Waals surface area (Å²) >= 11 is 5.85. The maximum atomic E-state index is 13.6. The van der Waals surface area contributed by atoms with Crippen LogP contribution in [0.3, 0.4) is 0 Å². The highest BCUT2D eigenvalue weighted by Crippen LogP contribution is 2.21. The third-order valence-corrected chi connectivity index (χ3v) is 3.89. The second kappa shape index (κ2) is 8.93. The van der Waals surface area contributed by atoms with Crippen molar-refractivity contribution >= 4 is 23.5 Å². The number of anilines is 1. The normalized spacial score (nSPS) is 11.4. The quantitative estimate of drug-likeness (QED) is 0.627. The molecule has 1 aromatic heterocycles. The van der Waals surface area contributed by atoms with Crippen molar-refractivity contribution in [3.05, 3.63) is 46.9 Å². The smallest absolute Gasteiger partial charge is 0.413 e. The summed E-state index contributed by atoms with van der Waals surface area (Å²) < 4.78 is 45.5. The Morgan fingerprint density at radius 2 is 2.12 bits per heavy atom. The molecule has 2 rings (SSSR count). The van der Waals surface area contributed by atoms with Crippen molar-refractivity contribution in [1.82, 2.24) is 9.78 Å². The van der Waals surface area contributed by atoms with E-state index >= 15 is 0 Å². The number of carbonyl (C=O) groups excluding carboxylic acids is 1. The van der Waals surface area contributed by atoms with Gasteiger partial charge in [0.05, 0.1) is 5.02 Å². The topological polar surface area (TPSA) is 56.2 Å². The Kier molecular flexibility index (Phi) is 6.90. The van der Waals surface area contributed by atoms with E-state index in [1.807, 2.05) is 0 Å². The minimum Gasteiger partial charge on any atom is -0.444 e. The number of rotatable bonds is 8. The van der Waals surface area contributed by atoms with Crippen LogP contribution < -0.4 is 5.32 Å². The van der Waals surface area contributed by atoms with E-state index in [0.717, 1.165) is 6.92 Å². The molecule has 26 heavy (non-hydrogen) atoms. The molecular weight excluding hydrogens is 371 g/mol. The molecule has 1 heterocycles. The van der Waals surface area contributed by atoms with Crippen LogP contribution in [-0.4, -0.2) is 21.8 Å². The number of nitrogens with zero attached hydrogens (tertiary/aromatic N) is 2. The van der Waals surface area contributed by atoms with E-state index in [2.05, 4.69) is 10.4 Å². The molecule has 5 nitrogen and oxygen atoms in total. The van der Waals surface area contributed by atoms with E-state index in [4.69, 9.17) is 16.3 Å². The predicted molar refractivity (Wildman–Crippen MR) is 91.9 cm³/mol. The maximum absolute atomic E-state index is 13.6. The Morgan fingerprint density at radius 3 is 2.81 bits per heavy atom. The number of carbonyl (C=O) groups is 1. The standard InChI is InChI=1S/C17H19ClF3N3O2/c1-17(20,21)8-2-3-9-24-10-7-15(23-24)22-16(25)26-11-12-13(18)5-4-6-14(12)19/h4-7,10H,2-3,8-9,11H2,1H3,(H,22,23,25). The Morgan fingerprint density at radius 1 is 1.35 bits per heavy atom. The summed E-state index contributed by atoms with van der Waals surface area (Å²) in [6, 6.07) is 5.72. The van der Waals surface area contributed by atoms with Crippen molar-refractivity contribution in [3.63, 3.8) is 0 Å². The van der Waals surface area contributed by atoms with Gasteiger partial charge in [-0.05, 0) is 31.9 Å². The second-order valence-electron chi connectivity index (χ2n) is 5.89. The average molecular weight is 390 g/mol. The summed E-state index contributed by atoms with van der Waals surface area (Å²) in [4.78, 5) is 11.8. The zero-order valence-corrected chi connectivity index (χ0v) is 14.9. The molecule has 0 fully saturated rings. The number of ether oxygens (including phenoxy) is 1. The Balaban J connectivity index is 1.77. The summed E-state index contributed by atoms with van der Waals surface area (Å²) in [6.45, 7) is 1.03. The van der Waals surface area contributed by atoms with E-state index in [1.54, 1.807) is 12.3 Å². The molecule has 9 heteroatoms. The summed E-state index contributed by atoms with van der Waals surface area (Å²) in [5, 5.41) is 6.67. The lowest BCUT2D eigenvalue weighted by Crippen LogP contribution is -2.15. The number of nitrogens with one attached hydrogen (secondary N) is 1. The zero-order valence-electron chi connectivity index (χ0n) is 14.1. The molecule has 0 spiro atoms. The highest BCUT2D eigenvalue weighted by molar-refractivity contribution is 6.31. The van der Waals surface area contributed by atoms with Crippen LogP contribution in [0.15, 0.2) is 30.5 Å². The fourth-order valence-electron chi connectivity index (χ4n) is 2.21. The van der Waals surface area contributed by atoms with Gasteiger partial charge in [-0.1, -0.05) is 17.7 Å². The molecule has 0 aliphatic heterocycles. The van der Waals surface area contributed by atoms with Gasteiger partial charge in [-0.25, -0.2) is 18.0 Å². The predicted octanol–water partition coefficient (Wildman–Crippen LogP) is 5.25. The third kappa shape index (κ3) is 6.59. The molecule has 142 valence electrons. The van der Waals surface area contributed by atoms with Gasteiger partial charge in [-0.15, -0.1) is 0 Å². The van der Waals surface area contributed by atoms with Gasteiger partial charge in [0.2, 0.25) is 5.92 Å². The van der Waals surface area contributed by atoms with Gasteiger partial charge in [0.15, 0.2) is 5.82 Å². The Hall–Kier alpha value is -2.22. The van der Waals surface area contributed by atoms with Crippen molar-refractivity contribution in [2.24, 2.45) is 0 Å². The van der Waals surface area contributed by atoms with Crippen LogP contribution in [0, 0.1) is 5.82 Å². The molecule has 1 amide bonds. The number of benzene rings is 1. The van der Waals surface area contributed by atoms with Crippen LogP contribution in [0.4, 0.5) is 23.8 Å². The molecule has 0 unspecified atom stereocenters. The van der Waals surface area contributed by atoms with Crippen molar-refractivity contribution in [2.45, 2.75) is 45.3 Å². The van der Waals surface area contributed by atoms with Crippen LogP contribution in [0.5, 0.6) is 0 Å². The molecule has 0 aliphatic rings. The first kappa shape index (κ1) is 20.1. The molecule has 0 aliphatic carbocycles. The third-order valence-electron chi connectivity index (χ3n) is 3.53. The van der Waals surface area contributed by atoms with E-state index in [9.17, 15) is 18.0 Å². The molecule has 0 radical (unpaired) electrons. The number of unbranched alkanes of at least 4 members (excludes halogenated alkanes) is 1. The second-order valence-corrected chi connectivity index (χ2v) is 6.30. The first-order chi connectivity index (χ1) is 12.2. The summed E-state index contributed by atoms with van der Waals surface area (Å²) in [7, 11) is 0. The summed E-state index contributed by atoms with van der Waals surface area (Å²) in [6.07, 6.45) is 1.55. The van der Waals surface area contributed by atoms with Crippen LogP contribution in [0.2, 0.25) is 5.02 Å². The minimum absolute atomic E-state index is 0.0857. The molecular formula is C17H19ClF3N3O2. The van der Waals surface area contributed by atoms with Crippen LogP contribution >= 0.6 is 11.6 Å². The minimum atomic E-state index is -2.66. The number of hydrogen-bond acceptors (Lipinski definition) is 3. The molecule has 0 bridgehead atoms. The number of aromatic nitrogens is 2. The first-order valence-corrected chi connectivity index (χ1v) is 8.40. The first-order valence-electron chi connectivity index (χ1n) is 8.02. The van der Waals surface area contributed by atoms with Gasteiger partial charge in [0.1, 0.15) is 12.4 Å². The van der Waals surface area contributed by atoms with Gasteiger partial charge < -0.3 is 4.74 Å². The van der Waals surface area contributed by atoms with Crippen LogP contribution in [0.25, 0.3) is 0 Å². The van der Waals surface area contributed by atoms with Crippen molar-refractivity contribution in [2.75, 3.05) is 5.32 Å². The van der Waals surface area contributed by atoms with E-state index < -0.39 is 17.8 Å². The van der Waals surface area contributed by atoms with Crippen molar-refractivity contribution in [1.29, 1.82) is 0 Å². The lowest BCUT2D eigenvalue weighted by molar-refractivity contribution is 0.0102. The highest BCUT2D eigenvalue weighted by atomic mass is 35.5. The van der Waals surface area contributed by atoms with Gasteiger partial charge in [0, 0.05) is 30.8 Å². The van der Waals surface area contributed by atoms with Gasteiger partial charge >= 0.3 is 6.09 Å². The lowest BCUT2D eigenvalue weighted by atomic mass is 10.1. The van der Waals surface area contributed by atoms with E-state index in [0.29, 0.717) is 19.4 Å². The van der Waals surface area contributed by atoms with Crippen LogP contribution in [0.1, 0.15) is 31.7 Å². The van der Waals surface area contributed by atoms with Crippen LogP contribution in [-0.2, 0) is 17.9 Å². The summed E-state index contributed by atoms with van der Waals surface area (Å²) in [5.41, 5.74) is 0.0857. The average Bonchev–Trinajstić information content (AvgIpc) is 2.97. The largest absolute Gasteiger partial charge is 0.444 e. The molecule has 0 atom stereocenters. The molecule has 0 saturated heterocycles. The monoisotopic (exact) mass is 389 g/mol. The number of aryl methyl sites for hydroxylation is 1. The van der Waals surface area contributed by atoms with E-state index in [-0.39, 0.29) is 29.4 Å². The zero-order chi connectivity index (χ0) is 19.2. The van der Waals surface area contributed by atoms with E-state index in [1.165, 1.54) is 22.9 Å². The van der Waals surface area contributed by atoms with Crippen molar-refractivity contribution in [3.8, 4) is 0 Å². The molecule has 1 aromatic carbocycles. The van der Waals surface area contributed by atoms with Gasteiger partial charge in [-0.2, -0.15) is 5.10 Å². The van der Waals surface area contributed by atoms with Crippen molar-refractivity contribution < 1.29 is 22.7 Å². The molecule has 1 N–H and O–H groups in total. The van der Waals surface area contributed by atoms with Gasteiger partial charge in [-0.3, -0.25) is 10.00 Å². The Bertz CT molecular complexity index is 727. The molecule has 0 saturated carbocycles. The summed E-state index contributed by atoms with van der Waals surface area (Å²) in [5.74, 6) is -2.98. The fraction of sp³-hybridized carbons (Fsp3) is 0.412. The Labute approximate surface area is 154 Å². The van der Waals surface area contributed by atoms with Gasteiger partial charge in [0.25, 0.3) is 0 Å². The fourth-order valence-corrected chi connectivity index (χ4v) is 2.43. The lowest BCUT2D eigenvalue weighted by Gasteiger charge is -2.09. The highest BCUT2D eigenvalue weighted by Gasteiger charge is 2.19.